The molecule has 0 atom stereocenters. The number of hydrogen-bond donors (Lipinski definition) is 1. The molecule has 5 heteroatoms. The molecule has 0 bridgehead atoms. The summed E-state index contributed by atoms with van der Waals surface area (Å²) in [4.78, 5) is 30.0. The van der Waals surface area contributed by atoms with Crippen LogP contribution in [0.2, 0.25) is 0 Å². The molecule has 4 rings (SSSR count). The molecule has 1 aliphatic carbocycles. The molecule has 1 aliphatic rings. The van der Waals surface area contributed by atoms with E-state index in [1.165, 1.54) is 0 Å². The highest BCUT2D eigenvalue weighted by Crippen LogP contribution is 2.29. The van der Waals surface area contributed by atoms with Gasteiger partial charge in [-0.05, 0) is 55.0 Å². The van der Waals surface area contributed by atoms with Crippen molar-refractivity contribution in [3.05, 3.63) is 70.3 Å². The van der Waals surface area contributed by atoms with Crippen LogP contribution in [0.3, 0.4) is 0 Å². The molecule has 1 fully saturated rings. The molecule has 5 nitrogen and oxygen atoms in total. The highest BCUT2D eigenvalue weighted by Gasteiger charge is 2.32. The molecule has 1 N–H and O–H groups in total. The summed E-state index contributed by atoms with van der Waals surface area (Å²) in [7, 11) is 0. The third-order valence-electron chi connectivity index (χ3n) is 5.10. The van der Waals surface area contributed by atoms with Crippen molar-refractivity contribution in [3.8, 4) is 0 Å². The largest absolute Gasteiger partial charge is 0.361 e. The Kier molecular flexibility index (Phi) is 4.37. The minimum absolute atomic E-state index is 0.0475. The Morgan fingerprint density at radius 1 is 1.23 bits per heavy atom. The predicted molar refractivity (Wildman–Crippen MR) is 102 cm³/mol. The zero-order valence-electron chi connectivity index (χ0n) is 14.9. The summed E-state index contributed by atoms with van der Waals surface area (Å²) in [6.07, 6.45) is 4.43. The fourth-order valence-corrected chi connectivity index (χ4v) is 3.47. The number of benzene rings is 1. The maximum absolute atomic E-state index is 12.8. The fourth-order valence-electron chi connectivity index (χ4n) is 3.47. The molecule has 2 heterocycles. The minimum atomic E-state index is -0.0475. The number of fused-ring (bicyclic) bond motifs is 1. The van der Waals surface area contributed by atoms with Crippen molar-refractivity contribution in [2.75, 3.05) is 0 Å². The van der Waals surface area contributed by atoms with E-state index in [2.05, 4.69) is 23.2 Å². The quantitative estimate of drug-likeness (QED) is 0.743. The van der Waals surface area contributed by atoms with E-state index in [0.29, 0.717) is 25.6 Å². The van der Waals surface area contributed by atoms with Gasteiger partial charge in [0.2, 0.25) is 5.91 Å². The molecule has 0 radical (unpaired) electrons. The van der Waals surface area contributed by atoms with Crippen molar-refractivity contribution < 1.29 is 4.79 Å². The number of aromatic amines is 1. The molecule has 3 aromatic rings. The van der Waals surface area contributed by atoms with Gasteiger partial charge in [0.25, 0.3) is 5.56 Å². The lowest BCUT2D eigenvalue weighted by Crippen LogP contribution is -2.34. The number of carbonyl (C=O) groups excluding carboxylic acids is 1. The van der Waals surface area contributed by atoms with Gasteiger partial charge in [-0.3, -0.25) is 9.59 Å². The summed E-state index contributed by atoms with van der Waals surface area (Å²) < 4.78 is 1.68. The summed E-state index contributed by atoms with van der Waals surface area (Å²) >= 11 is 0. The number of H-pyrrole nitrogens is 1. The molecule has 0 aliphatic heterocycles. The smallest absolute Gasteiger partial charge is 0.250 e. The Balaban J connectivity index is 1.47. The van der Waals surface area contributed by atoms with Gasteiger partial charge in [-0.2, -0.15) is 0 Å². The van der Waals surface area contributed by atoms with Crippen molar-refractivity contribution in [2.45, 2.75) is 45.3 Å². The van der Waals surface area contributed by atoms with Gasteiger partial charge in [0, 0.05) is 49.0 Å². The normalized spacial score (nSPS) is 13.9. The first kappa shape index (κ1) is 16.6. The van der Waals surface area contributed by atoms with Crippen LogP contribution < -0.4 is 5.56 Å². The molecule has 134 valence electrons. The van der Waals surface area contributed by atoms with Gasteiger partial charge in [-0.15, -0.1) is 0 Å². The van der Waals surface area contributed by atoms with Crippen LogP contribution in [0.5, 0.6) is 0 Å². The van der Waals surface area contributed by atoms with Crippen LogP contribution in [0, 0.1) is 6.92 Å². The van der Waals surface area contributed by atoms with E-state index >= 15 is 0 Å². The second-order valence-electron chi connectivity index (χ2n) is 7.06. The van der Waals surface area contributed by atoms with Crippen LogP contribution in [0.25, 0.3) is 10.9 Å². The van der Waals surface area contributed by atoms with Crippen LogP contribution in [-0.4, -0.2) is 26.4 Å². The van der Waals surface area contributed by atoms with Gasteiger partial charge in [0.05, 0.1) is 0 Å². The SMILES string of the molecule is Cc1cccc(=O)n1CCC(=O)N(Cc1ccc2[nH]ccc2c1)C1CC1. The number of aryl methyl sites for hydroxylation is 1. The first-order chi connectivity index (χ1) is 12.6. The Morgan fingerprint density at radius 3 is 2.85 bits per heavy atom. The second-order valence-corrected chi connectivity index (χ2v) is 7.06. The van der Waals surface area contributed by atoms with Crippen molar-refractivity contribution in [1.29, 1.82) is 0 Å². The summed E-state index contributed by atoms with van der Waals surface area (Å²) in [5, 5.41) is 1.16. The Morgan fingerprint density at radius 2 is 2.08 bits per heavy atom. The summed E-state index contributed by atoms with van der Waals surface area (Å²) in [5.74, 6) is 0.122. The van der Waals surface area contributed by atoms with Crippen LogP contribution in [-0.2, 0) is 17.9 Å². The van der Waals surface area contributed by atoms with Gasteiger partial charge in [-0.1, -0.05) is 12.1 Å². The van der Waals surface area contributed by atoms with E-state index in [1.54, 1.807) is 16.7 Å². The average molecular weight is 349 g/mol. The Bertz CT molecular complexity index is 998. The number of nitrogens with one attached hydrogen (secondary N) is 1. The summed E-state index contributed by atoms with van der Waals surface area (Å²) in [6.45, 7) is 2.97. The number of carbonyl (C=O) groups is 1. The maximum atomic E-state index is 12.8. The van der Waals surface area contributed by atoms with Crippen LogP contribution in [0.15, 0.2) is 53.5 Å². The third kappa shape index (κ3) is 3.43. The Labute approximate surface area is 152 Å². The molecule has 1 saturated carbocycles. The molecular formula is C21H23N3O2. The molecule has 1 amide bonds. The summed E-state index contributed by atoms with van der Waals surface area (Å²) in [6, 6.07) is 13.9. The molecule has 1 aromatic carbocycles. The molecular weight excluding hydrogens is 326 g/mol. The molecule has 26 heavy (non-hydrogen) atoms. The van der Waals surface area contributed by atoms with Crippen molar-refractivity contribution in [1.82, 2.24) is 14.5 Å². The van der Waals surface area contributed by atoms with Crippen molar-refractivity contribution in [3.63, 3.8) is 0 Å². The average Bonchev–Trinajstić information content (AvgIpc) is 3.36. The number of aromatic nitrogens is 2. The van der Waals surface area contributed by atoms with Crippen molar-refractivity contribution in [2.24, 2.45) is 0 Å². The van der Waals surface area contributed by atoms with E-state index in [4.69, 9.17) is 0 Å². The lowest BCUT2D eigenvalue weighted by Gasteiger charge is -2.23. The standard InChI is InChI=1S/C21H23N3O2/c1-15-3-2-4-20(25)23(15)12-10-21(26)24(18-6-7-18)14-16-5-8-19-17(13-16)9-11-22-19/h2-5,8-9,11,13,18,22H,6-7,10,12,14H2,1H3. The number of hydrogen-bond acceptors (Lipinski definition) is 2. The van der Waals surface area contributed by atoms with Crippen LogP contribution in [0.1, 0.15) is 30.5 Å². The highest BCUT2D eigenvalue weighted by atomic mass is 16.2. The van der Waals surface area contributed by atoms with Gasteiger partial charge >= 0.3 is 0 Å². The summed E-state index contributed by atoms with van der Waals surface area (Å²) in [5.41, 5.74) is 3.09. The predicted octanol–water partition coefficient (Wildman–Crippen LogP) is 3.22. The number of rotatable bonds is 6. The van der Waals surface area contributed by atoms with E-state index in [9.17, 15) is 9.59 Å². The fraction of sp³-hybridized carbons (Fsp3) is 0.333. The third-order valence-corrected chi connectivity index (χ3v) is 5.10. The van der Waals surface area contributed by atoms with Gasteiger partial charge in [-0.25, -0.2) is 0 Å². The Hall–Kier alpha value is -2.82. The molecule has 0 unspecified atom stereocenters. The number of nitrogens with zero attached hydrogens (tertiary/aromatic N) is 2. The zero-order chi connectivity index (χ0) is 18.1. The van der Waals surface area contributed by atoms with E-state index in [-0.39, 0.29) is 11.5 Å². The van der Waals surface area contributed by atoms with Gasteiger partial charge < -0.3 is 14.5 Å². The topological polar surface area (TPSA) is 58.1 Å². The first-order valence-electron chi connectivity index (χ1n) is 9.14. The number of pyridine rings is 1. The lowest BCUT2D eigenvalue weighted by atomic mass is 10.1. The monoisotopic (exact) mass is 349 g/mol. The molecule has 0 saturated heterocycles. The minimum Gasteiger partial charge on any atom is -0.361 e. The number of amides is 1. The van der Waals surface area contributed by atoms with Crippen molar-refractivity contribution >= 4 is 16.8 Å². The second kappa shape index (κ2) is 6.83. The maximum Gasteiger partial charge on any atom is 0.250 e. The van der Waals surface area contributed by atoms with Crippen LogP contribution in [0.4, 0.5) is 0 Å². The highest BCUT2D eigenvalue weighted by molar-refractivity contribution is 5.80. The van der Waals surface area contributed by atoms with E-state index in [1.807, 2.05) is 30.2 Å². The van der Waals surface area contributed by atoms with Gasteiger partial charge in [0.15, 0.2) is 0 Å². The first-order valence-corrected chi connectivity index (χ1v) is 9.14. The van der Waals surface area contributed by atoms with E-state index in [0.717, 1.165) is 35.0 Å². The van der Waals surface area contributed by atoms with Crippen LogP contribution >= 0.6 is 0 Å². The zero-order valence-corrected chi connectivity index (χ0v) is 14.9. The van der Waals surface area contributed by atoms with Gasteiger partial charge in [0.1, 0.15) is 0 Å². The molecule has 0 spiro atoms. The van der Waals surface area contributed by atoms with E-state index < -0.39 is 0 Å². The lowest BCUT2D eigenvalue weighted by molar-refractivity contribution is -0.132. The molecule has 2 aromatic heterocycles.